The molecule has 0 aliphatic heterocycles. The molecule has 1 aliphatic rings. The molecule has 3 heteroatoms. The summed E-state index contributed by atoms with van der Waals surface area (Å²) in [6.45, 7) is 6.55. The van der Waals surface area contributed by atoms with E-state index in [0.717, 1.165) is 24.9 Å². The van der Waals surface area contributed by atoms with Gasteiger partial charge in [0.1, 0.15) is 0 Å². The molecule has 2 unspecified atom stereocenters. The SMILES string of the molecule is Cc1nc(CNCCC2CCCC(C)C2)cs1. The Morgan fingerprint density at radius 2 is 2.35 bits per heavy atom. The number of aromatic nitrogens is 1. The Bertz CT molecular complexity index is 335. The van der Waals surface area contributed by atoms with Crippen molar-refractivity contribution >= 4 is 11.3 Å². The summed E-state index contributed by atoms with van der Waals surface area (Å²) in [5.41, 5.74) is 1.20. The Morgan fingerprint density at radius 1 is 1.47 bits per heavy atom. The third-order valence-corrected chi connectivity index (χ3v) is 4.57. The normalized spacial score (nSPS) is 25.1. The summed E-state index contributed by atoms with van der Waals surface area (Å²) in [5, 5.41) is 6.85. The first-order chi connectivity index (χ1) is 8.24. The topological polar surface area (TPSA) is 24.9 Å². The van der Waals surface area contributed by atoms with Gasteiger partial charge >= 0.3 is 0 Å². The van der Waals surface area contributed by atoms with Crippen LogP contribution in [0, 0.1) is 18.8 Å². The smallest absolute Gasteiger partial charge is 0.0897 e. The minimum absolute atomic E-state index is 0.937. The zero-order valence-corrected chi connectivity index (χ0v) is 11.9. The summed E-state index contributed by atoms with van der Waals surface area (Å²) >= 11 is 1.74. The molecule has 1 aliphatic carbocycles. The number of rotatable bonds is 5. The van der Waals surface area contributed by atoms with Crippen molar-refractivity contribution in [2.45, 2.75) is 52.5 Å². The minimum atomic E-state index is 0.937. The number of hydrogen-bond donors (Lipinski definition) is 1. The average molecular weight is 252 g/mol. The van der Waals surface area contributed by atoms with Gasteiger partial charge in [-0.2, -0.15) is 0 Å². The first kappa shape index (κ1) is 13.0. The second kappa shape index (κ2) is 6.50. The zero-order valence-electron chi connectivity index (χ0n) is 11.0. The van der Waals surface area contributed by atoms with Crippen LogP contribution >= 0.6 is 11.3 Å². The van der Waals surface area contributed by atoms with Gasteiger partial charge in [-0.05, 0) is 38.1 Å². The van der Waals surface area contributed by atoms with E-state index in [0.29, 0.717) is 0 Å². The highest BCUT2D eigenvalue weighted by atomic mass is 32.1. The molecule has 0 aromatic carbocycles. The predicted octanol–water partition coefficient (Wildman–Crippen LogP) is 3.76. The summed E-state index contributed by atoms with van der Waals surface area (Å²) < 4.78 is 0. The van der Waals surface area contributed by atoms with Crippen LogP contribution in [0.25, 0.3) is 0 Å². The number of hydrogen-bond acceptors (Lipinski definition) is 3. The van der Waals surface area contributed by atoms with Gasteiger partial charge in [0.2, 0.25) is 0 Å². The molecule has 1 fully saturated rings. The molecule has 0 saturated heterocycles. The van der Waals surface area contributed by atoms with Crippen LogP contribution in [-0.2, 0) is 6.54 Å². The maximum Gasteiger partial charge on any atom is 0.0897 e. The van der Waals surface area contributed by atoms with Crippen molar-refractivity contribution in [3.05, 3.63) is 16.1 Å². The van der Waals surface area contributed by atoms with Crippen LogP contribution in [0.15, 0.2) is 5.38 Å². The second-order valence-electron chi connectivity index (χ2n) is 5.46. The van der Waals surface area contributed by atoms with Gasteiger partial charge in [-0.1, -0.05) is 26.2 Å². The van der Waals surface area contributed by atoms with E-state index in [1.165, 1.54) is 42.8 Å². The molecule has 1 aromatic rings. The molecule has 1 aromatic heterocycles. The van der Waals surface area contributed by atoms with Crippen molar-refractivity contribution in [3.8, 4) is 0 Å². The van der Waals surface area contributed by atoms with E-state index in [2.05, 4.69) is 29.5 Å². The molecule has 96 valence electrons. The first-order valence-corrected chi connectivity index (χ1v) is 7.73. The number of aryl methyl sites for hydroxylation is 1. The van der Waals surface area contributed by atoms with Crippen LogP contribution < -0.4 is 5.32 Å². The number of thiazole rings is 1. The van der Waals surface area contributed by atoms with Crippen LogP contribution in [0.3, 0.4) is 0 Å². The fraction of sp³-hybridized carbons (Fsp3) is 0.786. The van der Waals surface area contributed by atoms with Gasteiger partial charge in [-0.3, -0.25) is 0 Å². The van der Waals surface area contributed by atoms with Gasteiger partial charge in [0.25, 0.3) is 0 Å². The maximum absolute atomic E-state index is 4.46. The van der Waals surface area contributed by atoms with Crippen LogP contribution in [0.5, 0.6) is 0 Å². The Labute approximate surface area is 109 Å². The van der Waals surface area contributed by atoms with E-state index >= 15 is 0 Å². The van der Waals surface area contributed by atoms with Gasteiger partial charge in [-0.15, -0.1) is 11.3 Å². The summed E-state index contributed by atoms with van der Waals surface area (Å²) in [5.74, 6) is 1.92. The molecule has 1 N–H and O–H groups in total. The van der Waals surface area contributed by atoms with Crippen LogP contribution in [0.4, 0.5) is 0 Å². The Balaban J connectivity index is 1.59. The molecule has 0 amide bonds. The summed E-state index contributed by atoms with van der Waals surface area (Å²) in [7, 11) is 0. The third-order valence-electron chi connectivity index (χ3n) is 3.75. The van der Waals surface area contributed by atoms with Crippen molar-refractivity contribution in [1.82, 2.24) is 10.3 Å². The number of nitrogens with zero attached hydrogens (tertiary/aromatic N) is 1. The predicted molar refractivity (Wildman–Crippen MR) is 74.3 cm³/mol. The van der Waals surface area contributed by atoms with Crippen LogP contribution in [-0.4, -0.2) is 11.5 Å². The fourth-order valence-electron chi connectivity index (χ4n) is 2.83. The average Bonchev–Trinajstić information content (AvgIpc) is 2.71. The molecule has 0 bridgehead atoms. The molecule has 2 atom stereocenters. The van der Waals surface area contributed by atoms with Crippen molar-refractivity contribution in [2.75, 3.05) is 6.54 Å². The van der Waals surface area contributed by atoms with E-state index in [-0.39, 0.29) is 0 Å². The highest BCUT2D eigenvalue weighted by Crippen LogP contribution is 2.30. The molecule has 2 rings (SSSR count). The Kier molecular flexibility index (Phi) is 4.99. The molecule has 0 spiro atoms. The van der Waals surface area contributed by atoms with E-state index in [4.69, 9.17) is 0 Å². The fourth-order valence-corrected chi connectivity index (χ4v) is 3.45. The standard InChI is InChI=1S/C14H24N2S/c1-11-4-3-5-13(8-11)6-7-15-9-14-10-17-12(2)16-14/h10-11,13,15H,3-9H2,1-2H3. The summed E-state index contributed by atoms with van der Waals surface area (Å²) in [6.07, 6.45) is 7.12. The minimum Gasteiger partial charge on any atom is -0.311 e. The van der Waals surface area contributed by atoms with Crippen molar-refractivity contribution in [3.63, 3.8) is 0 Å². The quantitative estimate of drug-likeness (QED) is 0.807. The Hall–Kier alpha value is -0.410. The molecule has 2 nitrogen and oxygen atoms in total. The van der Waals surface area contributed by atoms with Crippen molar-refractivity contribution in [2.24, 2.45) is 11.8 Å². The zero-order chi connectivity index (χ0) is 12.1. The lowest BCUT2D eigenvalue weighted by Gasteiger charge is -2.26. The van der Waals surface area contributed by atoms with Gasteiger partial charge in [0.05, 0.1) is 10.7 Å². The van der Waals surface area contributed by atoms with E-state index < -0.39 is 0 Å². The lowest BCUT2D eigenvalue weighted by Crippen LogP contribution is -2.21. The van der Waals surface area contributed by atoms with Gasteiger partial charge in [-0.25, -0.2) is 4.98 Å². The highest BCUT2D eigenvalue weighted by Gasteiger charge is 2.17. The monoisotopic (exact) mass is 252 g/mol. The molecule has 17 heavy (non-hydrogen) atoms. The summed E-state index contributed by atoms with van der Waals surface area (Å²) in [6, 6.07) is 0. The van der Waals surface area contributed by atoms with Gasteiger partial charge < -0.3 is 5.32 Å². The van der Waals surface area contributed by atoms with Gasteiger partial charge in [0, 0.05) is 11.9 Å². The Morgan fingerprint density at radius 3 is 3.06 bits per heavy atom. The molecule has 1 heterocycles. The first-order valence-electron chi connectivity index (χ1n) is 6.85. The van der Waals surface area contributed by atoms with Crippen molar-refractivity contribution < 1.29 is 0 Å². The lowest BCUT2D eigenvalue weighted by atomic mass is 9.81. The molecule has 1 saturated carbocycles. The number of nitrogens with one attached hydrogen (secondary N) is 1. The molecular weight excluding hydrogens is 228 g/mol. The molecular formula is C14H24N2S. The van der Waals surface area contributed by atoms with Crippen LogP contribution in [0.2, 0.25) is 0 Å². The van der Waals surface area contributed by atoms with Crippen LogP contribution in [0.1, 0.15) is 49.7 Å². The second-order valence-corrected chi connectivity index (χ2v) is 6.52. The van der Waals surface area contributed by atoms with E-state index in [1.807, 2.05) is 0 Å². The lowest BCUT2D eigenvalue weighted by molar-refractivity contribution is 0.267. The van der Waals surface area contributed by atoms with E-state index in [9.17, 15) is 0 Å². The summed E-state index contributed by atoms with van der Waals surface area (Å²) in [4.78, 5) is 4.46. The molecule has 0 radical (unpaired) electrons. The maximum atomic E-state index is 4.46. The third kappa shape index (κ3) is 4.40. The highest BCUT2D eigenvalue weighted by molar-refractivity contribution is 7.09. The van der Waals surface area contributed by atoms with E-state index in [1.54, 1.807) is 11.3 Å². The van der Waals surface area contributed by atoms with Gasteiger partial charge in [0.15, 0.2) is 0 Å². The van der Waals surface area contributed by atoms with Crippen molar-refractivity contribution in [1.29, 1.82) is 0 Å². The largest absolute Gasteiger partial charge is 0.311 e.